The molecule has 4 aliphatic carbocycles. The molecule has 0 unspecified atom stereocenters. The number of nitrogens with zero attached hydrogens (tertiary/aromatic N) is 2. The number of hydrogen-bond donors (Lipinski definition) is 2. The van der Waals surface area contributed by atoms with Crippen molar-refractivity contribution in [3.8, 4) is 0 Å². The summed E-state index contributed by atoms with van der Waals surface area (Å²) in [6, 6.07) is 0. The molecular weight excluding hydrogens is 236 g/mol. The standard InChI is InChI=1S/C15H24N4/c1-9-13(16)14(17-2)19(18-9)15-6-10-3-11(7-15)5-12(4-10)8-15/h10-12,17H,3-8,16H2,1-2H3. The van der Waals surface area contributed by atoms with Gasteiger partial charge in [-0.2, -0.15) is 5.10 Å². The maximum atomic E-state index is 6.19. The predicted octanol–water partition coefficient (Wildman–Crippen LogP) is 2.74. The third-order valence-electron chi connectivity index (χ3n) is 5.80. The zero-order valence-corrected chi connectivity index (χ0v) is 11.9. The van der Waals surface area contributed by atoms with E-state index in [-0.39, 0.29) is 5.54 Å². The number of anilines is 2. The Morgan fingerprint density at radius 1 is 1.16 bits per heavy atom. The Hall–Kier alpha value is -1.19. The van der Waals surface area contributed by atoms with E-state index in [1.165, 1.54) is 38.5 Å². The summed E-state index contributed by atoms with van der Waals surface area (Å²) in [7, 11) is 1.96. The number of nitrogen functional groups attached to an aromatic ring is 1. The summed E-state index contributed by atoms with van der Waals surface area (Å²) in [6.45, 7) is 2.02. The molecule has 4 heteroatoms. The van der Waals surface area contributed by atoms with Crippen LogP contribution in [0.2, 0.25) is 0 Å². The quantitative estimate of drug-likeness (QED) is 0.859. The Bertz CT molecular complexity index is 481. The summed E-state index contributed by atoms with van der Waals surface area (Å²) in [5.41, 5.74) is 8.25. The van der Waals surface area contributed by atoms with Crippen molar-refractivity contribution in [3.05, 3.63) is 5.69 Å². The molecule has 4 fully saturated rings. The van der Waals surface area contributed by atoms with Gasteiger partial charge in [-0.15, -0.1) is 0 Å². The summed E-state index contributed by atoms with van der Waals surface area (Å²) in [5, 5.41) is 8.09. The fourth-order valence-electron chi connectivity index (χ4n) is 5.45. The van der Waals surface area contributed by atoms with Gasteiger partial charge in [-0.25, -0.2) is 4.68 Å². The van der Waals surface area contributed by atoms with Crippen LogP contribution < -0.4 is 11.1 Å². The number of aryl methyl sites for hydroxylation is 1. The third kappa shape index (κ3) is 1.49. The van der Waals surface area contributed by atoms with Crippen LogP contribution in [-0.4, -0.2) is 16.8 Å². The van der Waals surface area contributed by atoms with E-state index in [1.54, 1.807) is 0 Å². The lowest BCUT2D eigenvalue weighted by molar-refractivity contribution is -0.0483. The first kappa shape index (κ1) is 11.6. The highest BCUT2D eigenvalue weighted by Crippen LogP contribution is 2.59. The highest BCUT2D eigenvalue weighted by atomic mass is 15.4. The van der Waals surface area contributed by atoms with E-state index in [1.807, 2.05) is 14.0 Å². The van der Waals surface area contributed by atoms with Gasteiger partial charge in [0.15, 0.2) is 0 Å². The third-order valence-corrected chi connectivity index (χ3v) is 5.80. The van der Waals surface area contributed by atoms with Crippen molar-refractivity contribution in [3.63, 3.8) is 0 Å². The molecule has 3 N–H and O–H groups in total. The van der Waals surface area contributed by atoms with Crippen LogP contribution in [0.5, 0.6) is 0 Å². The van der Waals surface area contributed by atoms with Gasteiger partial charge in [0.05, 0.1) is 16.9 Å². The molecule has 0 amide bonds. The number of nitrogens with two attached hydrogens (primary N) is 1. The van der Waals surface area contributed by atoms with E-state index in [4.69, 9.17) is 10.8 Å². The first-order valence-corrected chi connectivity index (χ1v) is 7.64. The Kier molecular flexibility index (Phi) is 2.25. The molecule has 5 rings (SSSR count). The van der Waals surface area contributed by atoms with Gasteiger partial charge in [0.2, 0.25) is 0 Å². The zero-order chi connectivity index (χ0) is 13.2. The average Bonchev–Trinajstić information content (AvgIpc) is 2.64. The van der Waals surface area contributed by atoms with Crippen LogP contribution in [0.4, 0.5) is 11.5 Å². The maximum absolute atomic E-state index is 6.19. The largest absolute Gasteiger partial charge is 0.394 e. The van der Waals surface area contributed by atoms with Gasteiger partial charge in [-0.1, -0.05) is 0 Å². The number of nitrogens with one attached hydrogen (secondary N) is 1. The summed E-state index contributed by atoms with van der Waals surface area (Å²) in [5.74, 6) is 3.84. The lowest BCUT2D eigenvalue weighted by Gasteiger charge is -2.56. The molecule has 4 nitrogen and oxygen atoms in total. The molecule has 1 aromatic rings. The molecule has 1 aromatic heterocycles. The van der Waals surface area contributed by atoms with Crippen molar-refractivity contribution in [2.75, 3.05) is 18.1 Å². The first-order valence-electron chi connectivity index (χ1n) is 7.64. The van der Waals surface area contributed by atoms with Crippen molar-refractivity contribution >= 4 is 11.5 Å². The average molecular weight is 260 g/mol. The van der Waals surface area contributed by atoms with Gasteiger partial charge in [-0.3, -0.25) is 0 Å². The van der Waals surface area contributed by atoms with Crippen molar-refractivity contribution in [2.24, 2.45) is 17.8 Å². The van der Waals surface area contributed by atoms with Crippen molar-refractivity contribution < 1.29 is 0 Å². The minimum atomic E-state index is 0.259. The van der Waals surface area contributed by atoms with Crippen LogP contribution in [0, 0.1) is 24.7 Å². The van der Waals surface area contributed by atoms with Gasteiger partial charge in [0.25, 0.3) is 0 Å². The van der Waals surface area contributed by atoms with Gasteiger partial charge >= 0.3 is 0 Å². The fourth-order valence-corrected chi connectivity index (χ4v) is 5.45. The SMILES string of the molecule is CNc1c(N)c(C)nn1C12CC3CC(CC(C3)C1)C2. The Morgan fingerprint density at radius 3 is 2.16 bits per heavy atom. The van der Waals surface area contributed by atoms with Crippen LogP contribution in [0.3, 0.4) is 0 Å². The molecule has 19 heavy (non-hydrogen) atoms. The fraction of sp³-hybridized carbons (Fsp3) is 0.800. The van der Waals surface area contributed by atoms with Crippen LogP contribution in [0.1, 0.15) is 44.2 Å². The van der Waals surface area contributed by atoms with Gasteiger partial charge in [0, 0.05) is 7.05 Å². The predicted molar refractivity (Wildman–Crippen MR) is 77.1 cm³/mol. The van der Waals surface area contributed by atoms with Crippen LogP contribution in [-0.2, 0) is 5.54 Å². The molecule has 4 aliphatic rings. The number of hydrogen-bond acceptors (Lipinski definition) is 3. The smallest absolute Gasteiger partial charge is 0.148 e. The summed E-state index contributed by atoms with van der Waals surface area (Å²) in [6.07, 6.45) is 8.33. The van der Waals surface area contributed by atoms with Crippen molar-refractivity contribution in [1.82, 2.24) is 9.78 Å². The van der Waals surface area contributed by atoms with E-state index in [0.717, 1.165) is 35.0 Å². The molecule has 0 saturated heterocycles. The monoisotopic (exact) mass is 260 g/mol. The number of aromatic nitrogens is 2. The molecule has 4 bridgehead atoms. The van der Waals surface area contributed by atoms with Crippen molar-refractivity contribution in [2.45, 2.75) is 51.0 Å². The second kappa shape index (κ2) is 3.68. The zero-order valence-electron chi connectivity index (χ0n) is 11.9. The lowest BCUT2D eigenvalue weighted by Crippen LogP contribution is -2.52. The maximum Gasteiger partial charge on any atom is 0.148 e. The van der Waals surface area contributed by atoms with E-state index >= 15 is 0 Å². The van der Waals surface area contributed by atoms with E-state index in [9.17, 15) is 0 Å². The van der Waals surface area contributed by atoms with Gasteiger partial charge in [0.1, 0.15) is 5.82 Å². The van der Waals surface area contributed by atoms with Crippen LogP contribution >= 0.6 is 0 Å². The van der Waals surface area contributed by atoms with Gasteiger partial charge < -0.3 is 11.1 Å². The highest BCUT2D eigenvalue weighted by Gasteiger charge is 2.53. The van der Waals surface area contributed by atoms with E-state index in [0.29, 0.717) is 0 Å². The molecule has 0 aliphatic heterocycles. The molecule has 1 heterocycles. The molecule has 0 atom stereocenters. The minimum absolute atomic E-state index is 0.259. The normalized spacial score (nSPS) is 39.8. The van der Waals surface area contributed by atoms with E-state index in [2.05, 4.69) is 10.00 Å². The summed E-state index contributed by atoms with van der Waals surface area (Å²) >= 11 is 0. The second-order valence-corrected chi connectivity index (χ2v) is 7.15. The van der Waals surface area contributed by atoms with Crippen LogP contribution in [0.25, 0.3) is 0 Å². The Morgan fingerprint density at radius 2 is 1.68 bits per heavy atom. The summed E-state index contributed by atoms with van der Waals surface area (Å²) in [4.78, 5) is 0. The minimum Gasteiger partial charge on any atom is -0.394 e. The molecule has 4 saturated carbocycles. The molecule has 0 aromatic carbocycles. The Labute approximate surface area is 114 Å². The molecule has 0 radical (unpaired) electrons. The van der Waals surface area contributed by atoms with Gasteiger partial charge in [-0.05, 0) is 63.2 Å². The second-order valence-electron chi connectivity index (χ2n) is 7.15. The van der Waals surface area contributed by atoms with Crippen molar-refractivity contribution in [1.29, 1.82) is 0 Å². The molecular formula is C15H24N4. The topological polar surface area (TPSA) is 55.9 Å². The number of rotatable bonds is 2. The molecule has 104 valence electrons. The van der Waals surface area contributed by atoms with Crippen LogP contribution in [0.15, 0.2) is 0 Å². The van der Waals surface area contributed by atoms with E-state index < -0.39 is 0 Å². The first-order chi connectivity index (χ1) is 9.11. The summed E-state index contributed by atoms with van der Waals surface area (Å²) < 4.78 is 2.27. The molecule has 0 spiro atoms. The Balaban J connectivity index is 1.81. The lowest BCUT2D eigenvalue weighted by atomic mass is 9.53. The highest BCUT2D eigenvalue weighted by molar-refractivity contribution is 5.65.